The number of allylic oxidation sites excluding steroid dienone is 2. The van der Waals surface area contributed by atoms with Crippen molar-refractivity contribution in [1.82, 2.24) is 4.48 Å². The molecule has 0 N–H and O–H groups in total. The van der Waals surface area contributed by atoms with Crippen molar-refractivity contribution in [3.8, 4) is 0 Å². The summed E-state index contributed by atoms with van der Waals surface area (Å²) in [4.78, 5) is 0. The van der Waals surface area contributed by atoms with Gasteiger partial charge in [-0.2, -0.15) is 0 Å². The lowest BCUT2D eigenvalue weighted by atomic mass is 9.95. The van der Waals surface area contributed by atoms with Gasteiger partial charge in [0.25, 0.3) is 0 Å². The number of aromatic nitrogens is 1. The van der Waals surface area contributed by atoms with Crippen molar-refractivity contribution in [3.05, 3.63) is 40.4 Å². The number of aryl methyl sites for hydroxylation is 2. The highest BCUT2D eigenvalue weighted by molar-refractivity contribution is 6.43. The summed E-state index contributed by atoms with van der Waals surface area (Å²) in [7, 11) is -1.12. The molecular formula is C13H15BFN2+. The molecule has 0 saturated carbocycles. The Morgan fingerprint density at radius 3 is 2.59 bits per heavy atom. The van der Waals surface area contributed by atoms with Crippen molar-refractivity contribution < 1.29 is 8.80 Å². The fraction of sp³-hybridized carbons (Fsp3) is 0.308. The molecule has 1 aromatic rings. The van der Waals surface area contributed by atoms with Crippen molar-refractivity contribution in [3.63, 3.8) is 0 Å². The first-order chi connectivity index (χ1) is 8.00. The van der Waals surface area contributed by atoms with Crippen LogP contribution in [0.25, 0.3) is 6.08 Å². The van der Waals surface area contributed by atoms with E-state index in [1.165, 1.54) is 0 Å². The SMILES string of the molecule is CC1=CC(C)=[N+]2B(F)n3c(C)cc(C)c3C=C12. The molecule has 86 valence electrons. The minimum atomic E-state index is -1.12. The Labute approximate surface area is 101 Å². The van der Waals surface area contributed by atoms with Gasteiger partial charge >= 0.3 is 7.26 Å². The third kappa shape index (κ3) is 1.24. The Kier molecular flexibility index (Phi) is 2.00. The lowest BCUT2D eigenvalue weighted by Crippen LogP contribution is -2.39. The average Bonchev–Trinajstić information content (AvgIpc) is 2.68. The number of nitrogens with zero attached hydrogens (tertiary/aromatic N) is 2. The Morgan fingerprint density at radius 2 is 1.88 bits per heavy atom. The molecule has 0 spiro atoms. The zero-order valence-corrected chi connectivity index (χ0v) is 10.6. The maximum atomic E-state index is 14.6. The smallest absolute Gasteiger partial charge is 0.290 e. The van der Waals surface area contributed by atoms with Crippen molar-refractivity contribution in [2.24, 2.45) is 0 Å². The Hall–Kier alpha value is -1.58. The molecule has 0 amide bonds. The maximum absolute atomic E-state index is 14.6. The van der Waals surface area contributed by atoms with Crippen LogP contribution >= 0.6 is 0 Å². The summed E-state index contributed by atoms with van der Waals surface area (Å²) in [6.07, 6.45) is 4.12. The third-order valence-electron chi connectivity index (χ3n) is 3.64. The molecule has 0 bridgehead atoms. The predicted molar refractivity (Wildman–Crippen MR) is 68.8 cm³/mol. The molecule has 0 aliphatic carbocycles. The van der Waals surface area contributed by atoms with Crippen LogP contribution in [0.5, 0.6) is 0 Å². The van der Waals surface area contributed by atoms with Crippen LogP contribution in [0.2, 0.25) is 0 Å². The molecule has 0 radical (unpaired) electrons. The molecule has 2 nitrogen and oxygen atoms in total. The first-order valence-electron chi connectivity index (χ1n) is 5.86. The van der Waals surface area contributed by atoms with E-state index in [0.29, 0.717) is 0 Å². The zero-order valence-electron chi connectivity index (χ0n) is 10.6. The van der Waals surface area contributed by atoms with Crippen LogP contribution in [0, 0.1) is 13.8 Å². The molecule has 0 saturated heterocycles. The summed E-state index contributed by atoms with van der Waals surface area (Å²) in [6, 6.07) is 2.04. The molecule has 0 atom stereocenters. The molecule has 0 aromatic carbocycles. The van der Waals surface area contributed by atoms with Gasteiger partial charge in [0.15, 0.2) is 11.4 Å². The second kappa shape index (κ2) is 3.22. The van der Waals surface area contributed by atoms with E-state index in [1.807, 2.05) is 39.8 Å². The fourth-order valence-corrected chi connectivity index (χ4v) is 2.85. The van der Waals surface area contributed by atoms with Crippen LogP contribution in [-0.2, 0) is 0 Å². The first kappa shape index (κ1) is 10.6. The van der Waals surface area contributed by atoms with E-state index in [2.05, 4.69) is 6.08 Å². The summed E-state index contributed by atoms with van der Waals surface area (Å²) in [6.45, 7) is 7.97. The quantitative estimate of drug-likeness (QED) is 0.604. The van der Waals surface area contributed by atoms with Gasteiger partial charge in [-0.25, -0.2) is 8.80 Å². The van der Waals surface area contributed by atoms with Crippen molar-refractivity contribution in [2.75, 3.05) is 0 Å². The summed E-state index contributed by atoms with van der Waals surface area (Å²) in [5.41, 5.74) is 6.19. The monoisotopic (exact) mass is 229 g/mol. The number of hydrogen-bond donors (Lipinski definition) is 0. The minimum Gasteiger partial charge on any atom is -0.290 e. The molecule has 2 aliphatic rings. The normalized spacial score (nSPS) is 18.1. The molecule has 17 heavy (non-hydrogen) atoms. The summed E-state index contributed by atoms with van der Waals surface area (Å²) in [5, 5.41) is 0. The van der Waals surface area contributed by atoms with E-state index < -0.39 is 7.26 Å². The van der Waals surface area contributed by atoms with Gasteiger partial charge in [-0.1, -0.05) is 0 Å². The van der Waals surface area contributed by atoms with Crippen molar-refractivity contribution in [2.45, 2.75) is 27.7 Å². The average molecular weight is 229 g/mol. The van der Waals surface area contributed by atoms with Crippen LogP contribution in [0.3, 0.4) is 0 Å². The molecule has 0 unspecified atom stereocenters. The Balaban J connectivity index is 2.32. The minimum absolute atomic E-state index is 0.970. The van der Waals surface area contributed by atoms with Gasteiger partial charge in [-0.15, -0.1) is 0 Å². The number of hydrogen-bond acceptors (Lipinski definition) is 0. The standard InChI is InChI=1S/C13H15BFN2/c1-8-5-10(3)16-12(8)7-13-9(2)6-11(4)17(13)14(16)15/h5-7H,1-4H3/q+1. The van der Waals surface area contributed by atoms with Gasteiger partial charge in [0.2, 0.25) is 0 Å². The van der Waals surface area contributed by atoms with Crippen LogP contribution in [0.4, 0.5) is 4.32 Å². The van der Waals surface area contributed by atoms with E-state index >= 15 is 0 Å². The molecule has 0 fully saturated rings. The van der Waals surface area contributed by atoms with Crippen LogP contribution in [-0.4, -0.2) is 21.9 Å². The molecule has 2 aliphatic heterocycles. The summed E-state index contributed by atoms with van der Waals surface area (Å²) >= 11 is 0. The highest BCUT2D eigenvalue weighted by Gasteiger charge is 2.48. The van der Waals surface area contributed by atoms with E-state index in [4.69, 9.17) is 0 Å². The number of halogens is 1. The fourth-order valence-electron chi connectivity index (χ4n) is 2.85. The van der Waals surface area contributed by atoms with Crippen LogP contribution < -0.4 is 0 Å². The predicted octanol–water partition coefficient (Wildman–Crippen LogP) is 2.70. The molecule has 3 rings (SSSR count). The molecule has 3 heterocycles. The molecule has 1 aromatic heterocycles. The second-order valence-electron chi connectivity index (χ2n) is 4.90. The molecular weight excluding hydrogens is 214 g/mol. The lowest BCUT2D eigenvalue weighted by Gasteiger charge is -2.15. The van der Waals surface area contributed by atoms with Crippen LogP contribution in [0.15, 0.2) is 23.4 Å². The van der Waals surface area contributed by atoms with E-state index in [1.54, 1.807) is 8.96 Å². The summed E-state index contributed by atoms with van der Waals surface area (Å²) < 4.78 is 18.1. The van der Waals surface area contributed by atoms with Crippen LogP contribution in [0.1, 0.15) is 30.8 Å². The van der Waals surface area contributed by atoms with Crippen molar-refractivity contribution in [1.29, 1.82) is 0 Å². The van der Waals surface area contributed by atoms with Gasteiger partial charge in [-0.05, 0) is 32.4 Å². The van der Waals surface area contributed by atoms with Crippen molar-refractivity contribution >= 4 is 19.0 Å². The highest BCUT2D eigenvalue weighted by atomic mass is 19.1. The Bertz CT molecular complexity index is 620. The number of rotatable bonds is 0. The van der Waals surface area contributed by atoms with Gasteiger partial charge in [-0.3, -0.25) is 4.48 Å². The van der Waals surface area contributed by atoms with Gasteiger partial charge in [0.05, 0.1) is 0 Å². The van der Waals surface area contributed by atoms with Gasteiger partial charge < -0.3 is 0 Å². The summed E-state index contributed by atoms with van der Waals surface area (Å²) in [5.74, 6) is 0. The first-order valence-corrected chi connectivity index (χ1v) is 5.86. The maximum Gasteiger partial charge on any atom is 0.846 e. The third-order valence-corrected chi connectivity index (χ3v) is 3.64. The highest BCUT2D eigenvalue weighted by Crippen LogP contribution is 2.30. The zero-order chi connectivity index (χ0) is 12.3. The van der Waals surface area contributed by atoms with E-state index in [-0.39, 0.29) is 0 Å². The number of fused-ring (bicyclic) bond motifs is 2. The topological polar surface area (TPSA) is 7.94 Å². The van der Waals surface area contributed by atoms with E-state index in [9.17, 15) is 4.32 Å². The lowest BCUT2D eigenvalue weighted by molar-refractivity contribution is -0.336. The Morgan fingerprint density at radius 1 is 1.18 bits per heavy atom. The largest absolute Gasteiger partial charge is 0.846 e. The van der Waals surface area contributed by atoms with E-state index in [0.717, 1.165) is 33.9 Å². The van der Waals surface area contributed by atoms with Gasteiger partial charge in [0, 0.05) is 36.0 Å². The van der Waals surface area contributed by atoms with Gasteiger partial charge in [0.1, 0.15) is 0 Å². The molecule has 4 heteroatoms. The second-order valence-corrected chi connectivity index (χ2v) is 4.90.